The van der Waals surface area contributed by atoms with Crippen molar-refractivity contribution in [2.24, 2.45) is 11.3 Å². The normalized spacial score (nSPS) is 23.9. The molecule has 0 bridgehead atoms. The molecule has 278 valence electrons. The number of hydrogen-bond donors (Lipinski definition) is 3. The number of sulfonamides is 1. The average molecular weight is 747 g/mol. The molecule has 5 rings (SSSR count). The van der Waals surface area contributed by atoms with E-state index in [4.69, 9.17) is 25.8 Å². The summed E-state index contributed by atoms with van der Waals surface area (Å²) in [4.78, 5) is 56.4. The Labute approximate surface area is 303 Å². The molecule has 2 aliphatic carbocycles. The maximum Gasteiger partial charge on any atom is 0.408 e. The molecule has 2 aromatic carbocycles. The first kappa shape index (κ1) is 38.2. The fourth-order valence-electron chi connectivity index (χ4n) is 6.36. The van der Waals surface area contributed by atoms with Crippen molar-refractivity contribution in [3.63, 3.8) is 0 Å². The molecule has 0 spiro atoms. The number of ether oxygens (including phenoxy) is 3. The van der Waals surface area contributed by atoms with Crippen molar-refractivity contribution >= 4 is 56.2 Å². The summed E-state index contributed by atoms with van der Waals surface area (Å²) in [5.41, 5.74) is -3.21. The molecule has 3 fully saturated rings. The topological polar surface area (TPSA) is 169 Å². The van der Waals surface area contributed by atoms with Gasteiger partial charge in [0.15, 0.2) is 0 Å². The van der Waals surface area contributed by atoms with Crippen LogP contribution in [0.5, 0.6) is 11.5 Å². The third-order valence-corrected chi connectivity index (χ3v) is 11.3. The number of halogens is 1. The Hall–Kier alpha value is -4.04. The van der Waals surface area contributed by atoms with Gasteiger partial charge in [-0.3, -0.25) is 19.1 Å². The van der Waals surface area contributed by atoms with Gasteiger partial charge in [0.1, 0.15) is 40.8 Å². The predicted molar refractivity (Wildman–Crippen MR) is 192 cm³/mol. The molecular weight excluding hydrogens is 700 g/mol. The van der Waals surface area contributed by atoms with Crippen LogP contribution in [0, 0.1) is 11.3 Å². The van der Waals surface area contributed by atoms with Crippen molar-refractivity contribution in [1.82, 2.24) is 20.3 Å². The average Bonchev–Trinajstić information content (AvgIpc) is 3.95. The van der Waals surface area contributed by atoms with Gasteiger partial charge in [0.05, 0.1) is 18.9 Å². The van der Waals surface area contributed by atoms with Gasteiger partial charge >= 0.3 is 6.09 Å². The lowest BCUT2D eigenvalue weighted by Gasteiger charge is -2.36. The highest BCUT2D eigenvalue weighted by Gasteiger charge is 2.62. The largest absolute Gasteiger partial charge is 0.496 e. The smallest absolute Gasteiger partial charge is 0.408 e. The van der Waals surface area contributed by atoms with Gasteiger partial charge in [0, 0.05) is 28.1 Å². The molecule has 1 saturated heterocycles. The van der Waals surface area contributed by atoms with E-state index in [2.05, 4.69) is 21.9 Å². The first-order valence-corrected chi connectivity index (χ1v) is 18.8. The standard InChI is InChI=1S/C36H47ClN4O9S/c1-9-20-18-36(20,32(44)40-51(46,47)23-11-12-23)39-30(42)26-17-22(49-28-15-14-27(48-8)24-13-10-21(37)16-25(24)28)19-41(26)31(43)29(34(2,3)4)38-33(45)50-35(5,6)7/h9-10,13-16,20,22-23,26,29H,1,11-12,17-19H2,2-8H3,(H,38,45)(H,39,42)(H,40,44)/t20-,22-,26+,29-,36-/m1/s1. The van der Waals surface area contributed by atoms with Gasteiger partial charge < -0.3 is 29.7 Å². The number of carbonyl (C=O) groups is 4. The number of methoxy groups -OCH3 is 1. The Kier molecular flexibility index (Phi) is 10.4. The molecule has 1 aliphatic heterocycles. The van der Waals surface area contributed by atoms with Crippen LogP contribution >= 0.6 is 11.6 Å². The second-order valence-electron chi connectivity index (χ2n) is 15.6. The Bertz CT molecular complexity index is 1850. The number of likely N-dealkylation sites (tertiary alicyclic amines) is 1. The monoisotopic (exact) mass is 746 g/mol. The predicted octanol–water partition coefficient (Wildman–Crippen LogP) is 4.46. The summed E-state index contributed by atoms with van der Waals surface area (Å²) >= 11 is 6.34. The van der Waals surface area contributed by atoms with E-state index in [1.165, 1.54) is 11.0 Å². The minimum absolute atomic E-state index is 0.0196. The van der Waals surface area contributed by atoms with Gasteiger partial charge in [-0.15, -0.1) is 6.58 Å². The van der Waals surface area contributed by atoms with E-state index < -0.39 is 79.7 Å². The molecule has 0 radical (unpaired) electrons. The molecule has 0 unspecified atom stereocenters. The summed E-state index contributed by atoms with van der Waals surface area (Å²) in [7, 11) is -2.35. The van der Waals surface area contributed by atoms with Gasteiger partial charge in [-0.05, 0) is 75.8 Å². The van der Waals surface area contributed by atoms with Crippen molar-refractivity contribution in [3.05, 3.63) is 48.0 Å². The summed E-state index contributed by atoms with van der Waals surface area (Å²) in [6.45, 7) is 14.2. The van der Waals surface area contributed by atoms with Gasteiger partial charge in [-0.2, -0.15) is 0 Å². The number of rotatable bonds is 11. The summed E-state index contributed by atoms with van der Waals surface area (Å²) in [6.07, 6.45) is 1.05. The number of amides is 4. The molecule has 0 aromatic heterocycles. The second-order valence-corrected chi connectivity index (χ2v) is 18.0. The summed E-state index contributed by atoms with van der Waals surface area (Å²) in [6, 6.07) is 6.46. The van der Waals surface area contributed by atoms with Gasteiger partial charge in [-0.25, -0.2) is 13.2 Å². The van der Waals surface area contributed by atoms with Crippen molar-refractivity contribution in [2.75, 3.05) is 13.7 Å². The zero-order chi connectivity index (χ0) is 37.7. The molecule has 51 heavy (non-hydrogen) atoms. The van der Waals surface area contributed by atoms with Crippen LogP contribution in [-0.2, 0) is 29.1 Å². The molecule has 2 aromatic rings. The Balaban J connectivity index is 1.46. The molecule has 2 saturated carbocycles. The Morgan fingerprint density at radius 1 is 1.04 bits per heavy atom. The maximum absolute atomic E-state index is 14.5. The quantitative estimate of drug-likeness (QED) is 0.281. The lowest BCUT2D eigenvalue weighted by Crippen LogP contribution is -2.60. The Morgan fingerprint density at radius 2 is 1.71 bits per heavy atom. The fraction of sp³-hybridized carbons (Fsp3) is 0.556. The highest BCUT2D eigenvalue weighted by atomic mass is 35.5. The van der Waals surface area contributed by atoms with Crippen LogP contribution in [0.25, 0.3) is 10.8 Å². The molecule has 5 atom stereocenters. The third kappa shape index (κ3) is 8.38. The number of alkyl carbamates (subject to hydrolysis) is 1. The van der Waals surface area contributed by atoms with Gasteiger partial charge in [-0.1, -0.05) is 38.4 Å². The number of carbonyl (C=O) groups excluding carboxylic acids is 4. The minimum atomic E-state index is -3.90. The van der Waals surface area contributed by atoms with E-state index in [9.17, 15) is 27.6 Å². The second kappa shape index (κ2) is 13.8. The number of fused-ring (bicyclic) bond motifs is 1. The Morgan fingerprint density at radius 3 is 2.27 bits per heavy atom. The van der Waals surface area contributed by atoms with Gasteiger partial charge in [0.2, 0.25) is 21.8 Å². The number of nitrogens with zero attached hydrogens (tertiary/aromatic N) is 1. The van der Waals surface area contributed by atoms with E-state index in [1.54, 1.807) is 79.0 Å². The SMILES string of the molecule is C=C[C@@H]1C[C@]1(NC(=O)[C@@H]1C[C@@H](Oc2ccc(OC)c3ccc(Cl)cc23)CN1C(=O)[C@@H](NC(=O)OC(C)(C)C)C(C)(C)C)C(=O)NS(=O)(=O)C1CC1. The summed E-state index contributed by atoms with van der Waals surface area (Å²) < 4.78 is 44.9. The van der Waals surface area contributed by atoms with Crippen LogP contribution in [0.15, 0.2) is 43.0 Å². The van der Waals surface area contributed by atoms with Crippen molar-refractivity contribution < 1.29 is 41.8 Å². The third-order valence-electron chi connectivity index (χ3n) is 9.28. The molecule has 13 nitrogen and oxygen atoms in total. The van der Waals surface area contributed by atoms with E-state index in [1.807, 2.05) is 0 Å². The number of benzene rings is 2. The first-order valence-electron chi connectivity index (χ1n) is 16.9. The highest BCUT2D eigenvalue weighted by Crippen LogP contribution is 2.46. The lowest BCUT2D eigenvalue weighted by molar-refractivity contribution is -0.143. The maximum atomic E-state index is 14.5. The van der Waals surface area contributed by atoms with Crippen LogP contribution in [0.4, 0.5) is 4.79 Å². The van der Waals surface area contributed by atoms with E-state index in [-0.39, 0.29) is 19.4 Å². The summed E-state index contributed by atoms with van der Waals surface area (Å²) in [5.74, 6) is -1.57. The van der Waals surface area contributed by atoms with Crippen LogP contribution in [0.3, 0.4) is 0 Å². The summed E-state index contributed by atoms with van der Waals surface area (Å²) in [5, 5.41) is 6.70. The number of hydrogen-bond acceptors (Lipinski definition) is 9. The van der Waals surface area contributed by atoms with E-state index in [0.717, 1.165) is 5.39 Å². The number of nitrogens with one attached hydrogen (secondary N) is 3. The zero-order valence-corrected chi connectivity index (χ0v) is 31.6. The zero-order valence-electron chi connectivity index (χ0n) is 30.0. The van der Waals surface area contributed by atoms with Crippen LogP contribution in [-0.4, -0.2) is 85.4 Å². The minimum Gasteiger partial charge on any atom is -0.496 e. The molecule has 4 amide bonds. The molecule has 3 N–H and O–H groups in total. The molecular formula is C36H47ClN4O9S. The van der Waals surface area contributed by atoms with Crippen LogP contribution < -0.4 is 24.8 Å². The van der Waals surface area contributed by atoms with E-state index >= 15 is 0 Å². The van der Waals surface area contributed by atoms with Crippen molar-refractivity contribution in [1.29, 1.82) is 0 Å². The van der Waals surface area contributed by atoms with Crippen molar-refractivity contribution in [3.8, 4) is 11.5 Å². The van der Waals surface area contributed by atoms with E-state index in [0.29, 0.717) is 34.7 Å². The molecule has 3 aliphatic rings. The lowest BCUT2D eigenvalue weighted by atomic mass is 9.85. The highest BCUT2D eigenvalue weighted by molar-refractivity contribution is 7.91. The first-order chi connectivity index (χ1) is 23.7. The van der Waals surface area contributed by atoms with Gasteiger partial charge in [0.25, 0.3) is 5.91 Å². The molecule has 1 heterocycles. The fourth-order valence-corrected chi connectivity index (χ4v) is 7.90. The van der Waals surface area contributed by atoms with Crippen LogP contribution in [0.2, 0.25) is 5.02 Å². The molecule has 15 heteroatoms. The van der Waals surface area contributed by atoms with Crippen LogP contribution in [0.1, 0.15) is 67.2 Å². The van der Waals surface area contributed by atoms with Crippen molar-refractivity contribution in [2.45, 2.75) is 102 Å².